The average molecular weight is 532 g/mol. The maximum absolute atomic E-state index is 15.0. The van der Waals surface area contributed by atoms with Crippen molar-refractivity contribution in [2.45, 2.75) is 63.3 Å². The Morgan fingerprint density at radius 2 is 2.03 bits per heavy atom. The number of carbonyl (C=O) groups is 1. The highest BCUT2D eigenvalue weighted by Gasteiger charge is 2.52. The summed E-state index contributed by atoms with van der Waals surface area (Å²) in [5.41, 5.74) is -1.86. The molecule has 1 aliphatic heterocycles. The Hall–Kier alpha value is -2.88. The zero-order valence-electron chi connectivity index (χ0n) is 22.0. The van der Waals surface area contributed by atoms with Gasteiger partial charge in [-0.25, -0.2) is 9.18 Å². The van der Waals surface area contributed by atoms with Crippen molar-refractivity contribution in [1.82, 2.24) is 9.55 Å². The van der Waals surface area contributed by atoms with Crippen molar-refractivity contribution >= 4 is 20.0 Å². The molecular weight excluding hydrogens is 497 g/mol. The van der Waals surface area contributed by atoms with Gasteiger partial charge in [-0.2, -0.15) is 4.98 Å². The van der Waals surface area contributed by atoms with Gasteiger partial charge in [-0.3, -0.25) is 9.36 Å². The quantitative estimate of drug-likeness (QED) is 0.297. The van der Waals surface area contributed by atoms with E-state index in [1.165, 1.54) is 7.11 Å². The summed E-state index contributed by atoms with van der Waals surface area (Å²) in [5, 5.41) is 2.26. The van der Waals surface area contributed by atoms with Gasteiger partial charge in [0.05, 0.1) is 12.8 Å². The van der Waals surface area contributed by atoms with Gasteiger partial charge in [0.15, 0.2) is 25.6 Å². The predicted octanol–water partition coefficient (Wildman–Crippen LogP) is 3.94. The number of anilines is 1. The lowest BCUT2D eigenvalue weighted by Crippen LogP contribution is -2.50. The molecule has 1 amide bonds. The summed E-state index contributed by atoms with van der Waals surface area (Å²) in [6.45, 7) is 10.4. The van der Waals surface area contributed by atoms with Gasteiger partial charge in [0.2, 0.25) is 0 Å². The molecule has 2 aromatic rings. The molecule has 1 aliphatic rings. The molecule has 11 heteroatoms. The van der Waals surface area contributed by atoms with Crippen LogP contribution in [0.1, 0.15) is 43.8 Å². The number of nitrogens with zero attached hydrogens (tertiary/aromatic N) is 2. The molecule has 3 atom stereocenters. The number of hydrogen-bond acceptors (Lipinski definition) is 7. The van der Waals surface area contributed by atoms with Gasteiger partial charge in [-0.15, -0.1) is 6.42 Å². The number of amides is 1. The monoisotopic (exact) mass is 531 g/mol. The summed E-state index contributed by atoms with van der Waals surface area (Å²) in [5.74, 6) is 0.677. The lowest BCUT2D eigenvalue weighted by atomic mass is 9.99. The number of ether oxygens (including phenoxy) is 3. The van der Waals surface area contributed by atoms with Gasteiger partial charge >= 0.3 is 5.69 Å². The van der Waals surface area contributed by atoms with E-state index >= 15 is 0 Å². The van der Waals surface area contributed by atoms with E-state index in [9.17, 15) is 14.0 Å². The van der Waals surface area contributed by atoms with E-state index in [4.69, 9.17) is 25.1 Å². The van der Waals surface area contributed by atoms with Crippen LogP contribution in [0.3, 0.4) is 0 Å². The molecule has 1 aromatic heterocycles. The first-order chi connectivity index (χ1) is 17.3. The molecule has 1 N–H and O–H groups in total. The van der Waals surface area contributed by atoms with Crippen LogP contribution in [0.2, 0.25) is 18.1 Å². The second kappa shape index (κ2) is 11.2. The van der Waals surface area contributed by atoms with Crippen molar-refractivity contribution in [2.75, 3.05) is 25.8 Å². The number of benzene rings is 1. The molecule has 37 heavy (non-hydrogen) atoms. The summed E-state index contributed by atoms with van der Waals surface area (Å²) < 4.78 is 39.4. The van der Waals surface area contributed by atoms with Crippen molar-refractivity contribution in [1.29, 1.82) is 0 Å². The van der Waals surface area contributed by atoms with Crippen LogP contribution in [-0.2, 0) is 18.6 Å². The van der Waals surface area contributed by atoms with Crippen LogP contribution in [0.25, 0.3) is 0 Å². The van der Waals surface area contributed by atoms with Crippen molar-refractivity contribution < 1.29 is 27.8 Å². The van der Waals surface area contributed by atoms with E-state index in [0.29, 0.717) is 5.56 Å². The molecule has 1 aromatic carbocycles. The van der Waals surface area contributed by atoms with Gasteiger partial charge < -0.3 is 24.0 Å². The SMILES string of the molecule is C#C[C@]1(CO[Si](C)(C)C(C)(C)C)OC(n2cc(F)c(NC(=O)c3ccccc3)nc2=O)C[C@@H]1OCOC. The third kappa shape index (κ3) is 6.34. The van der Waals surface area contributed by atoms with Crippen LogP contribution in [0.4, 0.5) is 10.2 Å². The van der Waals surface area contributed by atoms with Gasteiger partial charge in [0, 0.05) is 19.1 Å². The van der Waals surface area contributed by atoms with Gasteiger partial charge in [0.25, 0.3) is 5.91 Å². The topological polar surface area (TPSA) is 101 Å². The Labute approximate surface area is 217 Å². The van der Waals surface area contributed by atoms with Gasteiger partial charge in [0.1, 0.15) is 19.1 Å². The summed E-state index contributed by atoms with van der Waals surface area (Å²) in [6, 6.07) is 8.21. The highest BCUT2D eigenvalue weighted by molar-refractivity contribution is 6.74. The number of methoxy groups -OCH3 is 1. The van der Waals surface area contributed by atoms with E-state index < -0.39 is 49.5 Å². The third-order valence-corrected chi connectivity index (χ3v) is 11.3. The molecule has 3 rings (SSSR count). The second-order valence-corrected chi connectivity index (χ2v) is 15.2. The number of rotatable bonds is 9. The normalized spacial score (nSPS) is 22.0. The van der Waals surface area contributed by atoms with E-state index in [-0.39, 0.29) is 24.9 Å². The molecule has 0 bridgehead atoms. The highest BCUT2D eigenvalue weighted by Crippen LogP contribution is 2.42. The summed E-state index contributed by atoms with van der Waals surface area (Å²) in [6.07, 6.45) is 5.32. The zero-order chi connectivity index (χ0) is 27.4. The molecule has 0 radical (unpaired) electrons. The smallest absolute Gasteiger partial charge is 0.351 e. The average Bonchev–Trinajstić information content (AvgIpc) is 3.22. The Morgan fingerprint density at radius 1 is 1.35 bits per heavy atom. The van der Waals surface area contributed by atoms with E-state index in [1.54, 1.807) is 30.3 Å². The standard InChI is InChI=1S/C26H34FN3O6Si/c1-8-26(16-35-37(6,7)25(2,3)4)20(34-17-33-5)14-21(36-26)30-15-19(27)22(29-24(30)32)28-23(31)18-12-10-9-11-13-18/h1,9-13,15,20-21H,14,16-17H2,2-7H3,(H,28,29,31,32)/t20-,21?,26+/m0/s1. The predicted molar refractivity (Wildman–Crippen MR) is 139 cm³/mol. The van der Waals surface area contributed by atoms with Crippen LogP contribution in [0.15, 0.2) is 41.3 Å². The molecule has 0 saturated carbocycles. The second-order valence-electron chi connectivity index (χ2n) is 10.4. The maximum atomic E-state index is 15.0. The molecular formula is C26H34FN3O6Si. The van der Waals surface area contributed by atoms with E-state index in [1.807, 2.05) is 0 Å². The van der Waals surface area contributed by atoms with Crippen molar-refractivity contribution in [3.63, 3.8) is 0 Å². The molecule has 9 nitrogen and oxygen atoms in total. The molecule has 0 aliphatic carbocycles. The molecule has 1 fully saturated rings. The summed E-state index contributed by atoms with van der Waals surface area (Å²) in [4.78, 5) is 29.0. The maximum Gasteiger partial charge on any atom is 0.351 e. The number of carbonyl (C=O) groups excluding carboxylic acids is 1. The number of aromatic nitrogens is 2. The summed E-state index contributed by atoms with van der Waals surface area (Å²) in [7, 11) is -0.737. The zero-order valence-corrected chi connectivity index (χ0v) is 23.0. The number of halogens is 1. The van der Waals surface area contributed by atoms with Crippen LogP contribution in [-0.4, -0.2) is 56.0 Å². The molecule has 1 saturated heterocycles. The Kier molecular flexibility index (Phi) is 8.72. The van der Waals surface area contributed by atoms with E-state index in [0.717, 1.165) is 10.8 Å². The minimum absolute atomic E-state index is 0.0285. The first-order valence-corrected chi connectivity index (χ1v) is 14.8. The Bertz CT molecular complexity index is 1210. The minimum atomic E-state index is -2.21. The summed E-state index contributed by atoms with van der Waals surface area (Å²) >= 11 is 0. The fourth-order valence-electron chi connectivity index (χ4n) is 3.57. The fourth-order valence-corrected chi connectivity index (χ4v) is 4.58. The lowest BCUT2D eigenvalue weighted by Gasteiger charge is -2.39. The van der Waals surface area contributed by atoms with Crippen molar-refractivity contribution in [3.8, 4) is 12.3 Å². The van der Waals surface area contributed by atoms with Crippen LogP contribution in [0, 0.1) is 18.2 Å². The number of hydrogen-bond donors (Lipinski definition) is 1. The first kappa shape index (κ1) is 28.7. The Balaban J connectivity index is 1.86. The minimum Gasteiger partial charge on any atom is -0.413 e. The van der Waals surface area contributed by atoms with Crippen LogP contribution >= 0.6 is 0 Å². The Morgan fingerprint density at radius 3 is 2.62 bits per heavy atom. The molecule has 1 unspecified atom stereocenters. The highest BCUT2D eigenvalue weighted by atomic mass is 28.4. The van der Waals surface area contributed by atoms with Crippen LogP contribution in [0.5, 0.6) is 0 Å². The van der Waals surface area contributed by atoms with Gasteiger partial charge in [-0.1, -0.05) is 44.9 Å². The largest absolute Gasteiger partial charge is 0.413 e. The first-order valence-electron chi connectivity index (χ1n) is 11.9. The lowest BCUT2D eigenvalue weighted by molar-refractivity contribution is -0.135. The number of terminal acetylenes is 1. The molecule has 200 valence electrons. The fraction of sp³-hybridized carbons (Fsp3) is 0.500. The molecule has 0 spiro atoms. The van der Waals surface area contributed by atoms with Crippen LogP contribution < -0.4 is 11.0 Å². The van der Waals surface area contributed by atoms with Gasteiger partial charge in [-0.05, 0) is 30.3 Å². The third-order valence-electron chi connectivity index (χ3n) is 6.85. The van der Waals surface area contributed by atoms with E-state index in [2.05, 4.69) is 50.1 Å². The number of nitrogens with one attached hydrogen (secondary N) is 1. The molecule has 2 heterocycles. The van der Waals surface area contributed by atoms with Crippen molar-refractivity contribution in [2.24, 2.45) is 0 Å². The van der Waals surface area contributed by atoms with Crippen molar-refractivity contribution in [3.05, 3.63) is 58.4 Å².